The Morgan fingerprint density at radius 1 is 0.971 bits per heavy atom. The average Bonchev–Trinajstić information content (AvgIpc) is 2.91. The van der Waals surface area contributed by atoms with Gasteiger partial charge in [-0.1, -0.05) is 37.3 Å². The Kier molecular flexibility index (Phi) is 7.80. The smallest absolute Gasteiger partial charge is 0.263 e. The molecule has 3 aromatic carbocycles. The van der Waals surface area contributed by atoms with E-state index in [9.17, 15) is 4.79 Å². The first-order chi connectivity index (χ1) is 17.0. The van der Waals surface area contributed by atoms with Crippen molar-refractivity contribution in [3.63, 3.8) is 0 Å². The van der Waals surface area contributed by atoms with E-state index in [-0.39, 0.29) is 11.9 Å². The minimum atomic E-state index is -0.634. The van der Waals surface area contributed by atoms with Gasteiger partial charge in [-0.3, -0.25) is 4.79 Å². The number of para-hydroxylation sites is 1. The molecule has 1 aliphatic heterocycles. The Bertz CT molecular complexity index is 1130. The van der Waals surface area contributed by atoms with Crippen LogP contribution in [0.15, 0.2) is 66.7 Å². The molecule has 6 heteroatoms. The zero-order valence-corrected chi connectivity index (χ0v) is 20.8. The Morgan fingerprint density at radius 3 is 2.31 bits per heavy atom. The van der Waals surface area contributed by atoms with Crippen molar-refractivity contribution in [3.05, 3.63) is 83.4 Å². The van der Waals surface area contributed by atoms with Gasteiger partial charge in [0.25, 0.3) is 5.91 Å². The quantitative estimate of drug-likeness (QED) is 0.424. The van der Waals surface area contributed by atoms with Crippen molar-refractivity contribution in [2.45, 2.75) is 38.8 Å². The van der Waals surface area contributed by atoms with Crippen LogP contribution in [0.25, 0.3) is 0 Å². The van der Waals surface area contributed by atoms with Crippen LogP contribution in [0.1, 0.15) is 36.6 Å². The molecule has 0 unspecified atom stereocenters. The summed E-state index contributed by atoms with van der Waals surface area (Å²) in [5.41, 5.74) is 3.37. The van der Waals surface area contributed by atoms with Crippen molar-refractivity contribution in [2.75, 3.05) is 27.4 Å². The fourth-order valence-corrected chi connectivity index (χ4v) is 4.46. The van der Waals surface area contributed by atoms with Gasteiger partial charge >= 0.3 is 0 Å². The fraction of sp³-hybridized carbons (Fsp3) is 0.345. The molecule has 0 saturated heterocycles. The maximum absolute atomic E-state index is 13.6. The van der Waals surface area contributed by atoms with Crippen LogP contribution in [0, 0.1) is 0 Å². The molecule has 1 heterocycles. The molecular weight excluding hydrogens is 442 g/mol. The van der Waals surface area contributed by atoms with Crippen LogP contribution in [0.3, 0.4) is 0 Å². The summed E-state index contributed by atoms with van der Waals surface area (Å²) in [4.78, 5) is 15.4. The number of benzene rings is 3. The molecular formula is C29H33NO5. The number of aryl methyl sites for hydroxylation is 1. The van der Waals surface area contributed by atoms with Crippen molar-refractivity contribution < 1.29 is 23.7 Å². The second kappa shape index (κ2) is 11.2. The number of fused-ring (bicyclic) bond motifs is 1. The zero-order chi connectivity index (χ0) is 24.8. The molecule has 35 heavy (non-hydrogen) atoms. The number of methoxy groups -OCH3 is 2. The van der Waals surface area contributed by atoms with Gasteiger partial charge in [0.1, 0.15) is 18.1 Å². The van der Waals surface area contributed by atoms with E-state index in [4.69, 9.17) is 18.9 Å². The van der Waals surface area contributed by atoms with E-state index in [0.29, 0.717) is 36.8 Å². The summed E-state index contributed by atoms with van der Waals surface area (Å²) in [7, 11) is 3.25. The van der Waals surface area contributed by atoms with Crippen molar-refractivity contribution >= 4 is 5.91 Å². The molecule has 0 saturated carbocycles. The third kappa shape index (κ3) is 5.53. The van der Waals surface area contributed by atoms with Crippen molar-refractivity contribution in [3.8, 4) is 23.0 Å². The zero-order valence-electron chi connectivity index (χ0n) is 20.8. The molecule has 0 aliphatic carbocycles. The van der Waals surface area contributed by atoms with Gasteiger partial charge in [0.15, 0.2) is 17.6 Å². The van der Waals surface area contributed by atoms with Gasteiger partial charge < -0.3 is 23.8 Å². The summed E-state index contributed by atoms with van der Waals surface area (Å²) in [6.45, 7) is 4.80. The Hall–Kier alpha value is -3.67. The van der Waals surface area contributed by atoms with Crippen LogP contribution in [0.5, 0.6) is 23.0 Å². The lowest BCUT2D eigenvalue weighted by Crippen LogP contribution is -2.47. The molecule has 184 valence electrons. The molecule has 0 aromatic heterocycles. The predicted octanol–water partition coefficient (Wildman–Crippen LogP) is 5.24. The summed E-state index contributed by atoms with van der Waals surface area (Å²) in [6.07, 6.45) is 1.05. The van der Waals surface area contributed by atoms with E-state index >= 15 is 0 Å². The van der Waals surface area contributed by atoms with Crippen LogP contribution in [-0.4, -0.2) is 44.3 Å². The number of amides is 1. The normalized spacial score (nSPS) is 15.7. The van der Waals surface area contributed by atoms with Crippen LogP contribution in [-0.2, 0) is 17.6 Å². The third-order valence-corrected chi connectivity index (χ3v) is 6.43. The number of hydrogen-bond donors (Lipinski definition) is 0. The predicted molar refractivity (Wildman–Crippen MR) is 136 cm³/mol. The fourth-order valence-electron chi connectivity index (χ4n) is 4.46. The number of hydrogen-bond acceptors (Lipinski definition) is 5. The molecule has 0 radical (unpaired) electrons. The van der Waals surface area contributed by atoms with E-state index in [1.54, 1.807) is 21.1 Å². The molecule has 3 aromatic rings. The van der Waals surface area contributed by atoms with E-state index < -0.39 is 6.10 Å². The van der Waals surface area contributed by atoms with Crippen molar-refractivity contribution in [1.29, 1.82) is 0 Å². The van der Waals surface area contributed by atoms with Gasteiger partial charge in [0.05, 0.1) is 20.3 Å². The maximum atomic E-state index is 13.6. The molecule has 2 atom stereocenters. The standard InChI is InChI=1S/C29H33NO5/c1-5-21-11-13-23(14-12-21)34-19-26-25-18-28(33-4)27(32-3)17-22(25)15-16-30(26)29(31)20(2)35-24-9-7-6-8-10-24/h6-14,17-18,20,26H,5,15-16,19H2,1-4H3/t20-,26+/m1/s1. The van der Waals surface area contributed by atoms with Crippen LogP contribution in [0.2, 0.25) is 0 Å². The van der Waals surface area contributed by atoms with Crippen LogP contribution < -0.4 is 18.9 Å². The highest BCUT2D eigenvalue weighted by Crippen LogP contribution is 2.39. The minimum Gasteiger partial charge on any atom is -0.493 e. The second-order valence-corrected chi connectivity index (χ2v) is 8.59. The molecule has 4 rings (SSSR count). The van der Waals surface area contributed by atoms with Gasteiger partial charge in [-0.25, -0.2) is 0 Å². The Morgan fingerprint density at radius 2 is 1.66 bits per heavy atom. The number of nitrogens with zero attached hydrogens (tertiary/aromatic N) is 1. The summed E-state index contributed by atoms with van der Waals surface area (Å²) in [6, 6.07) is 21.2. The lowest BCUT2D eigenvalue weighted by atomic mass is 9.91. The molecule has 6 nitrogen and oxygen atoms in total. The van der Waals surface area contributed by atoms with E-state index in [2.05, 4.69) is 19.1 Å². The van der Waals surface area contributed by atoms with Crippen LogP contribution >= 0.6 is 0 Å². The summed E-state index contributed by atoms with van der Waals surface area (Å²) < 4.78 is 23.2. The highest BCUT2D eigenvalue weighted by atomic mass is 16.5. The van der Waals surface area contributed by atoms with E-state index in [0.717, 1.165) is 23.3 Å². The molecule has 1 aliphatic rings. The van der Waals surface area contributed by atoms with E-state index in [1.807, 2.05) is 59.5 Å². The first kappa shape index (κ1) is 24.5. The highest BCUT2D eigenvalue weighted by molar-refractivity contribution is 5.82. The van der Waals surface area contributed by atoms with Crippen molar-refractivity contribution in [2.24, 2.45) is 0 Å². The summed E-state index contributed by atoms with van der Waals surface area (Å²) in [5.74, 6) is 2.68. The SMILES string of the molecule is CCc1ccc(OC[C@H]2c3cc(OC)c(OC)cc3CCN2C(=O)[C@@H](C)Oc2ccccc2)cc1. The maximum Gasteiger partial charge on any atom is 0.263 e. The molecule has 1 amide bonds. The average molecular weight is 476 g/mol. The topological polar surface area (TPSA) is 57.2 Å². The van der Waals surface area contributed by atoms with Gasteiger partial charge in [-0.15, -0.1) is 0 Å². The minimum absolute atomic E-state index is 0.0794. The van der Waals surface area contributed by atoms with E-state index in [1.165, 1.54) is 5.56 Å². The van der Waals surface area contributed by atoms with Gasteiger partial charge in [-0.05, 0) is 72.9 Å². The number of carbonyl (C=O) groups is 1. The van der Waals surface area contributed by atoms with Gasteiger partial charge in [0, 0.05) is 6.54 Å². The molecule has 0 N–H and O–H groups in total. The third-order valence-electron chi connectivity index (χ3n) is 6.43. The first-order valence-corrected chi connectivity index (χ1v) is 12.0. The van der Waals surface area contributed by atoms with Crippen molar-refractivity contribution in [1.82, 2.24) is 4.90 Å². The Labute approximate surface area is 207 Å². The lowest BCUT2D eigenvalue weighted by Gasteiger charge is -2.38. The molecule has 0 spiro atoms. The highest BCUT2D eigenvalue weighted by Gasteiger charge is 2.35. The second-order valence-electron chi connectivity index (χ2n) is 8.59. The molecule has 0 bridgehead atoms. The number of ether oxygens (including phenoxy) is 4. The number of carbonyl (C=O) groups excluding carboxylic acids is 1. The Balaban J connectivity index is 1.62. The summed E-state index contributed by atoms with van der Waals surface area (Å²) in [5, 5.41) is 0. The molecule has 0 fully saturated rings. The summed E-state index contributed by atoms with van der Waals surface area (Å²) >= 11 is 0. The monoisotopic (exact) mass is 475 g/mol. The van der Waals surface area contributed by atoms with Gasteiger partial charge in [-0.2, -0.15) is 0 Å². The first-order valence-electron chi connectivity index (χ1n) is 12.0. The number of rotatable bonds is 9. The largest absolute Gasteiger partial charge is 0.493 e. The van der Waals surface area contributed by atoms with Crippen LogP contribution in [0.4, 0.5) is 0 Å². The van der Waals surface area contributed by atoms with Gasteiger partial charge in [0.2, 0.25) is 0 Å². The lowest BCUT2D eigenvalue weighted by molar-refractivity contribution is -0.141.